The molecule has 2 aromatic carbocycles. The summed E-state index contributed by atoms with van der Waals surface area (Å²) in [6.07, 6.45) is -0.214. The van der Waals surface area contributed by atoms with Gasteiger partial charge in [0.15, 0.2) is 5.11 Å². The summed E-state index contributed by atoms with van der Waals surface area (Å²) in [5.74, 6) is -0.414. The molecular formula is C18H17BrCl3N3OS. The van der Waals surface area contributed by atoms with Gasteiger partial charge in [0.2, 0.25) is 3.79 Å². The van der Waals surface area contributed by atoms with Gasteiger partial charge in [-0.25, -0.2) is 0 Å². The summed E-state index contributed by atoms with van der Waals surface area (Å²) in [6, 6.07) is 14.7. The summed E-state index contributed by atoms with van der Waals surface area (Å²) >= 11 is 26.7. The van der Waals surface area contributed by atoms with Gasteiger partial charge in [-0.15, -0.1) is 0 Å². The Balaban J connectivity index is 2.12. The first-order valence-corrected chi connectivity index (χ1v) is 10.3. The molecule has 4 nitrogen and oxygen atoms in total. The van der Waals surface area contributed by atoms with Crippen molar-refractivity contribution in [1.82, 2.24) is 10.6 Å². The van der Waals surface area contributed by atoms with E-state index in [-0.39, 0.29) is 5.11 Å². The number of para-hydroxylation sites is 1. The van der Waals surface area contributed by atoms with Crippen molar-refractivity contribution in [2.24, 2.45) is 0 Å². The number of alkyl halides is 3. The van der Waals surface area contributed by atoms with Gasteiger partial charge in [0.05, 0.1) is 5.56 Å². The Morgan fingerprint density at radius 1 is 1.11 bits per heavy atom. The molecule has 2 rings (SSSR count). The molecule has 27 heavy (non-hydrogen) atoms. The van der Waals surface area contributed by atoms with Crippen molar-refractivity contribution < 1.29 is 4.79 Å². The fraction of sp³-hybridized carbons (Fsp3) is 0.222. The van der Waals surface area contributed by atoms with Crippen LogP contribution in [0.15, 0.2) is 53.0 Å². The lowest BCUT2D eigenvalue weighted by Crippen LogP contribution is -2.56. The van der Waals surface area contributed by atoms with Crippen LogP contribution < -0.4 is 16.0 Å². The van der Waals surface area contributed by atoms with E-state index < -0.39 is 15.9 Å². The maximum absolute atomic E-state index is 12.5. The highest BCUT2D eigenvalue weighted by atomic mass is 79.9. The topological polar surface area (TPSA) is 53.2 Å². The summed E-state index contributed by atoms with van der Waals surface area (Å²) in [5.41, 5.74) is 2.34. The van der Waals surface area contributed by atoms with Gasteiger partial charge >= 0.3 is 0 Å². The first-order chi connectivity index (χ1) is 12.7. The molecule has 1 amide bonds. The second kappa shape index (κ2) is 9.94. The lowest BCUT2D eigenvalue weighted by atomic mass is 10.1. The van der Waals surface area contributed by atoms with Crippen LogP contribution in [-0.2, 0) is 6.42 Å². The first-order valence-electron chi connectivity index (χ1n) is 8.00. The number of amides is 1. The molecule has 0 saturated heterocycles. The number of hydrogen-bond acceptors (Lipinski definition) is 2. The van der Waals surface area contributed by atoms with Crippen molar-refractivity contribution in [3.8, 4) is 0 Å². The van der Waals surface area contributed by atoms with Crippen LogP contribution in [0.1, 0.15) is 22.8 Å². The van der Waals surface area contributed by atoms with Crippen LogP contribution >= 0.6 is 63.0 Å². The number of aryl methyl sites for hydroxylation is 1. The number of carbonyl (C=O) groups excluding carboxylic acids is 1. The molecule has 0 radical (unpaired) electrons. The molecule has 0 aromatic heterocycles. The van der Waals surface area contributed by atoms with E-state index in [0.29, 0.717) is 10.0 Å². The van der Waals surface area contributed by atoms with Gasteiger partial charge in [-0.1, -0.05) is 72.1 Å². The Labute approximate surface area is 187 Å². The number of nitrogens with one attached hydrogen (secondary N) is 3. The monoisotopic (exact) mass is 507 g/mol. The summed E-state index contributed by atoms with van der Waals surface area (Å²) in [6.45, 7) is 2.04. The minimum atomic E-state index is -1.83. The van der Waals surface area contributed by atoms with E-state index in [1.54, 1.807) is 24.3 Å². The zero-order valence-corrected chi connectivity index (χ0v) is 18.9. The summed E-state index contributed by atoms with van der Waals surface area (Å²) in [5, 5.41) is 8.80. The van der Waals surface area contributed by atoms with Gasteiger partial charge in [0.25, 0.3) is 5.91 Å². The van der Waals surface area contributed by atoms with Crippen LogP contribution in [0.25, 0.3) is 0 Å². The van der Waals surface area contributed by atoms with Crippen LogP contribution in [0.3, 0.4) is 0 Å². The Bertz CT molecular complexity index is 829. The van der Waals surface area contributed by atoms with E-state index in [9.17, 15) is 4.79 Å². The fourth-order valence-corrected chi connectivity index (χ4v) is 3.31. The normalized spacial score (nSPS) is 12.2. The molecule has 1 unspecified atom stereocenters. The van der Waals surface area contributed by atoms with Crippen molar-refractivity contribution in [3.05, 3.63) is 64.1 Å². The van der Waals surface area contributed by atoms with E-state index in [2.05, 4.69) is 31.9 Å². The fourth-order valence-electron chi connectivity index (χ4n) is 2.29. The van der Waals surface area contributed by atoms with Crippen LogP contribution in [0.5, 0.6) is 0 Å². The third-order valence-corrected chi connectivity index (χ3v) is 5.21. The minimum absolute atomic E-state index is 0.222. The third-order valence-electron chi connectivity index (χ3n) is 3.64. The van der Waals surface area contributed by atoms with E-state index in [1.807, 2.05) is 31.2 Å². The van der Waals surface area contributed by atoms with E-state index in [4.69, 9.17) is 47.0 Å². The molecule has 0 aliphatic carbocycles. The zero-order valence-electron chi connectivity index (χ0n) is 14.2. The average Bonchev–Trinajstić information content (AvgIpc) is 2.61. The number of anilines is 1. The molecule has 1 atom stereocenters. The molecule has 2 aromatic rings. The number of benzene rings is 2. The second-order valence-corrected chi connectivity index (χ2v) is 9.17. The Hall–Kier alpha value is -1.05. The number of rotatable bonds is 5. The summed E-state index contributed by atoms with van der Waals surface area (Å²) in [7, 11) is 0. The highest BCUT2D eigenvalue weighted by molar-refractivity contribution is 9.10. The summed E-state index contributed by atoms with van der Waals surface area (Å²) in [4.78, 5) is 12.5. The van der Waals surface area contributed by atoms with Gasteiger partial charge in [-0.3, -0.25) is 4.79 Å². The van der Waals surface area contributed by atoms with Crippen molar-refractivity contribution in [2.75, 3.05) is 5.32 Å². The lowest BCUT2D eigenvalue weighted by Gasteiger charge is -2.28. The SMILES string of the molecule is CCc1ccccc1NC(=S)NC(NC(=O)c1ccccc1Br)C(Cl)(Cl)Cl. The maximum Gasteiger partial charge on any atom is 0.254 e. The quantitative estimate of drug-likeness (QED) is 0.286. The highest BCUT2D eigenvalue weighted by Gasteiger charge is 2.35. The van der Waals surface area contributed by atoms with E-state index in [1.165, 1.54) is 0 Å². The standard InChI is InChI=1S/C18H17BrCl3N3OS/c1-2-11-7-3-6-10-14(11)23-17(27)25-16(18(20,21)22)24-15(26)12-8-4-5-9-13(12)19/h3-10,16H,2H2,1H3,(H,24,26)(H2,23,25,27). The van der Waals surface area contributed by atoms with E-state index >= 15 is 0 Å². The smallest absolute Gasteiger partial charge is 0.254 e. The largest absolute Gasteiger partial charge is 0.339 e. The van der Waals surface area contributed by atoms with Crippen LogP contribution in [0.4, 0.5) is 5.69 Å². The number of carbonyl (C=O) groups is 1. The molecule has 0 heterocycles. The molecule has 9 heteroatoms. The number of halogens is 4. The Kier molecular flexibility index (Phi) is 8.19. The lowest BCUT2D eigenvalue weighted by molar-refractivity contribution is 0.0934. The second-order valence-electron chi connectivity index (χ2n) is 5.54. The van der Waals surface area contributed by atoms with Crippen LogP contribution in [0, 0.1) is 0 Å². The van der Waals surface area contributed by atoms with Gasteiger partial charge in [0.1, 0.15) is 6.17 Å². The van der Waals surface area contributed by atoms with Crippen molar-refractivity contribution >= 4 is 79.7 Å². The predicted octanol–water partition coefficient (Wildman–Crippen LogP) is 5.42. The van der Waals surface area contributed by atoms with Gasteiger partial charge in [-0.2, -0.15) is 0 Å². The Morgan fingerprint density at radius 2 is 1.74 bits per heavy atom. The molecule has 0 aliphatic heterocycles. The van der Waals surface area contributed by atoms with Gasteiger partial charge in [0, 0.05) is 10.2 Å². The van der Waals surface area contributed by atoms with Crippen LogP contribution in [0.2, 0.25) is 0 Å². The number of thiocarbonyl (C=S) groups is 1. The first kappa shape index (κ1) is 22.2. The summed E-state index contributed by atoms with van der Waals surface area (Å²) < 4.78 is -1.20. The van der Waals surface area contributed by atoms with Crippen molar-refractivity contribution in [3.63, 3.8) is 0 Å². The molecule has 0 spiro atoms. The molecule has 0 aliphatic rings. The molecule has 3 N–H and O–H groups in total. The molecule has 0 saturated carbocycles. The maximum atomic E-state index is 12.5. The third kappa shape index (κ3) is 6.50. The molecule has 0 fully saturated rings. The van der Waals surface area contributed by atoms with Gasteiger partial charge in [-0.05, 0) is 58.3 Å². The highest BCUT2D eigenvalue weighted by Crippen LogP contribution is 2.30. The number of hydrogen-bond donors (Lipinski definition) is 3. The van der Waals surface area contributed by atoms with Gasteiger partial charge < -0.3 is 16.0 Å². The predicted molar refractivity (Wildman–Crippen MR) is 121 cm³/mol. The van der Waals surface area contributed by atoms with Crippen molar-refractivity contribution in [1.29, 1.82) is 0 Å². The van der Waals surface area contributed by atoms with Crippen molar-refractivity contribution in [2.45, 2.75) is 23.3 Å². The van der Waals surface area contributed by atoms with Crippen LogP contribution in [-0.4, -0.2) is 21.0 Å². The Morgan fingerprint density at radius 3 is 2.37 bits per heavy atom. The minimum Gasteiger partial charge on any atom is -0.339 e. The molecule has 144 valence electrons. The average molecular weight is 510 g/mol. The molecule has 0 bridgehead atoms. The molecular weight excluding hydrogens is 493 g/mol. The zero-order chi connectivity index (χ0) is 20.0. The van der Waals surface area contributed by atoms with E-state index in [0.717, 1.165) is 17.7 Å².